The highest BCUT2D eigenvalue weighted by Gasteiger charge is 2.02. The Morgan fingerprint density at radius 1 is 1.56 bits per heavy atom. The second-order valence-corrected chi connectivity index (χ2v) is 1.97. The van der Waals surface area contributed by atoms with Crippen LogP contribution in [0.5, 0.6) is 0 Å². The number of allylic oxidation sites excluding steroid dienone is 2. The molecule has 1 aliphatic rings. The molecule has 0 aromatic heterocycles. The molecule has 1 rings (SSSR count). The second-order valence-electron chi connectivity index (χ2n) is 1.79. The van der Waals surface area contributed by atoms with E-state index in [9.17, 15) is 0 Å². The summed E-state index contributed by atoms with van der Waals surface area (Å²) in [7, 11) is 0. The molecular weight excluding hydrogens is 132 g/mol. The lowest BCUT2D eigenvalue weighted by Gasteiger charge is -2.11. The van der Waals surface area contributed by atoms with E-state index in [0.717, 1.165) is 5.71 Å². The molecule has 0 amide bonds. The van der Waals surface area contributed by atoms with Crippen molar-refractivity contribution in [1.29, 1.82) is 0 Å². The summed E-state index contributed by atoms with van der Waals surface area (Å²) in [4.78, 5) is 0. The summed E-state index contributed by atoms with van der Waals surface area (Å²) < 4.78 is 3.57. The van der Waals surface area contributed by atoms with E-state index in [1.54, 1.807) is 0 Å². The molecule has 0 bridgehead atoms. The van der Waals surface area contributed by atoms with E-state index in [-0.39, 0.29) is 6.04 Å². The number of hydrogen-bond acceptors (Lipinski definition) is 3. The SMILES string of the molecule is NC1C=CC=C/C1=N/[S-]. The van der Waals surface area contributed by atoms with Gasteiger partial charge in [-0.05, 0) is 6.08 Å². The molecule has 3 heteroatoms. The van der Waals surface area contributed by atoms with E-state index in [1.807, 2.05) is 24.3 Å². The van der Waals surface area contributed by atoms with Crippen molar-refractivity contribution in [2.45, 2.75) is 6.04 Å². The van der Waals surface area contributed by atoms with Gasteiger partial charge in [0.2, 0.25) is 0 Å². The summed E-state index contributed by atoms with van der Waals surface area (Å²) in [6.07, 6.45) is 7.42. The Hall–Kier alpha value is -0.670. The standard InChI is InChI=1S/C6H8N2S/c7-5-3-1-2-4-6(5)8-9/h1-5,9H,7H2/p-1/b8-6-. The molecule has 0 spiro atoms. The minimum Gasteiger partial charge on any atom is -0.669 e. The Bertz CT molecular complexity index is 181. The third-order valence-electron chi connectivity index (χ3n) is 1.14. The predicted molar refractivity (Wildman–Crippen MR) is 41.1 cm³/mol. The van der Waals surface area contributed by atoms with Gasteiger partial charge in [-0.15, -0.1) is 0 Å². The Morgan fingerprint density at radius 2 is 2.33 bits per heavy atom. The van der Waals surface area contributed by atoms with Gasteiger partial charge in [0.15, 0.2) is 0 Å². The van der Waals surface area contributed by atoms with Gasteiger partial charge in [-0.1, -0.05) is 18.2 Å². The fourth-order valence-electron chi connectivity index (χ4n) is 0.639. The highest BCUT2D eigenvalue weighted by molar-refractivity contribution is 7.57. The van der Waals surface area contributed by atoms with Gasteiger partial charge in [-0.25, -0.2) is 0 Å². The van der Waals surface area contributed by atoms with E-state index in [1.165, 1.54) is 0 Å². The van der Waals surface area contributed by atoms with Crippen LogP contribution in [0.3, 0.4) is 0 Å². The van der Waals surface area contributed by atoms with Crippen molar-refractivity contribution >= 4 is 18.5 Å². The van der Waals surface area contributed by atoms with E-state index in [4.69, 9.17) is 5.73 Å². The van der Waals surface area contributed by atoms with E-state index >= 15 is 0 Å². The fourth-order valence-corrected chi connectivity index (χ4v) is 0.822. The van der Waals surface area contributed by atoms with Crippen LogP contribution in [0.1, 0.15) is 0 Å². The Balaban J connectivity index is 2.78. The molecule has 0 radical (unpaired) electrons. The molecule has 2 nitrogen and oxygen atoms in total. The second kappa shape index (κ2) is 2.75. The molecule has 0 fully saturated rings. The molecule has 1 aliphatic carbocycles. The molecule has 2 N–H and O–H groups in total. The summed E-state index contributed by atoms with van der Waals surface area (Å²) in [5.41, 5.74) is 6.31. The van der Waals surface area contributed by atoms with Crippen molar-refractivity contribution < 1.29 is 0 Å². The summed E-state index contributed by atoms with van der Waals surface area (Å²) in [5.74, 6) is 0. The maximum atomic E-state index is 5.55. The molecule has 1 unspecified atom stereocenters. The van der Waals surface area contributed by atoms with Crippen LogP contribution in [0, 0.1) is 0 Å². The topological polar surface area (TPSA) is 38.4 Å². The van der Waals surface area contributed by atoms with Crippen molar-refractivity contribution in [3.8, 4) is 0 Å². The van der Waals surface area contributed by atoms with Gasteiger partial charge in [0, 0.05) is 5.71 Å². The first-order valence-electron chi connectivity index (χ1n) is 2.65. The molecule has 0 heterocycles. The Labute approximate surface area is 59.7 Å². The third-order valence-corrected chi connectivity index (χ3v) is 1.35. The molecule has 1 atom stereocenters. The van der Waals surface area contributed by atoms with E-state index in [0.29, 0.717) is 0 Å². The molecule has 0 aliphatic heterocycles. The van der Waals surface area contributed by atoms with Gasteiger partial charge in [-0.2, -0.15) is 0 Å². The maximum Gasteiger partial charge on any atom is 0.0636 e. The monoisotopic (exact) mass is 139 g/mol. The van der Waals surface area contributed by atoms with Crippen LogP contribution in [0.25, 0.3) is 0 Å². The van der Waals surface area contributed by atoms with Crippen LogP contribution in [0.2, 0.25) is 0 Å². The van der Waals surface area contributed by atoms with Gasteiger partial charge in [0.25, 0.3) is 0 Å². The van der Waals surface area contributed by atoms with Crippen LogP contribution >= 0.6 is 0 Å². The first-order valence-corrected chi connectivity index (χ1v) is 3.02. The molecule has 48 valence electrons. The average molecular weight is 139 g/mol. The largest absolute Gasteiger partial charge is 0.669 e. The van der Waals surface area contributed by atoms with Crippen LogP contribution in [-0.4, -0.2) is 11.8 Å². The Kier molecular flexibility index (Phi) is 1.97. The lowest BCUT2D eigenvalue weighted by molar-refractivity contribution is 1.08. The van der Waals surface area contributed by atoms with Gasteiger partial charge in [-0.3, -0.25) is 0 Å². The van der Waals surface area contributed by atoms with Crippen molar-refractivity contribution in [3.63, 3.8) is 0 Å². The first-order chi connectivity index (χ1) is 4.34. The van der Waals surface area contributed by atoms with E-state index < -0.39 is 0 Å². The zero-order chi connectivity index (χ0) is 6.69. The van der Waals surface area contributed by atoms with Crippen LogP contribution in [0.4, 0.5) is 0 Å². The number of nitrogens with two attached hydrogens (primary N) is 1. The number of rotatable bonds is 0. The van der Waals surface area contributed by atoms with Crippen molar-refractivity contribution in [2.75, 3.05) is 0 Å². The zero-order valence-corrected chi connectivity index (χ0v) is 5.64. The smallest absolute Gasteiger partial charge is 0.0636 e. The van der Waals surface area contributed by atoms with Crippen LogP contribution < -0.4 is 5.73 Å². The lowest BCUT2D eigenvalue weighted by atomic mass is 10.1. The molecule has 0 saturated carbocycles. The van der Waals surface area contributed by atoms with Gasteiger partial charge < -0.3 is 22.9 Å². The third kappa shape index (κ3) is 1.37. The fraction of sp³-hybridized carbons (Fsp3) is 0.167. The summed E-state index contributed by atoms with van der Waals surface area (Å²) in [5, 5.41) is 0. The number of hydrogen-bond donors (Lipinski definition) is 1. The normalized spacial score (nSPS) is 29.4. The molecule has 0 aromatic carbocycles. The van der Waals surface area contributed by atoms with Crippen LogP contribution in [-0.2, 0) is 12.8 Å². The molecule has 0 saturated heterocycles. The first kappa shape index (κ1) is 6.45. The lowest BCUT2D eigenvalue weighted by Crippen LogP contribution is -2.27. The number of nitrogens with zero attached hydrogens (tertiary/aromatic N) is 1. The summed E-state index contributed by atoms with van der Waals surface area (Å²) >= 11 is 4.47. The van der Waals surface area contributed by atoms with E-state index in [2.05, 4.69) is 17.2 Å². The summed E-state index contributed by atoms with van der Waals surface area (Å²) in [6.45, 7) is 0. The maximum absolute atomic E-state index is 5.55. The minimum absolute atomic E-state index is 0.104. The predicted octanol–water partition coefficient (Wildman–Crippen LogP) is 0.343. The Morgan fingerprint density at radius 3 is 2.78 bits per heavy atom. The molecular formula is C6H7N2S-. The van der Waals surface area contributed by atoms with Crippen molar-refractivity contribution in [3.05, 3.63) is 24.3 Å². The van der Waals surface area contributed by atoms with Crippen molar-refractivity contribution in [2.24, 2.45) is 10.1 Å². The quantitative estimate of drug-likeness (QED) is 0.491. The minimum atomic E-state index is -0.104. The molecule has 9 heavy (non-hydrogen) atoms. The van der Waals surface area contributed by atoms with Gasteiger partial charge in [0.05, 0.1) is 6.04 Å². The highest BCUT2D eigenvalue weighted by Crippen LogP contribution is 1.97. The van der Waals surface area contributed by atoms with Crippen LogP contribution in [0.15, 0.2) is 28.7 Å². The summed E-state index contributed by atoms with van der Waals surface area (Å²) in [6, 6.07) is -0.104. The zero-order valence-electron chi connectivity index (χ0n) is 4.82. The average Bonchev–Trinajstić information content (AvgIpc) is 1.89. The van der Waals surface area contributed by atoms with Gasteiger partial charge in [0.1, 0.15) is 0 Å². The van der Waals surface area contributed by atoms with Crippen molar-refractivity contribution in [1.82, 2.24) is 0 Å². The molecule has 0 aromatic rings. The highest BCUT2D eigenvalue weighted by atomic mass is 32.1. The van der Waals surface area contributed by atoms with Gasteiger partial charge >= 0.3 is 0 Å².